The maximum atomic E-state index is 13.7. The molecule has 0 heterocycles. The number of benzene rings is 4. The van der Waals surface area contributed by atoms with Crippen LogP contribution in [0, 0.1) is 5.82 Å². The van der Waals surface area contributed by atoms with Gasteiger partial charge in [0, 0.05) is 12.6 Å². The zero-order chi connectivity index (χ0) is 24.6. The van der Waals surface area contributed by atoms with E-state index in [0.717, 1.165) is 16.2 Å². The van der Waals surface area contributed by atoms with Gasteiger partial charge in [-0.15, -0.1) is 0 Å². The molecule has 0 aliphatic carbocycles. The van der Waals surface area contributed by atoms with E-state index in [0.29, 0.717) is 28.2 Å². The topological polar surface area (TPSA) is 48.0 Å². The van der Waals surface area contributed by atoms with Gasteiger partial charge in [0.25, 0.3) is 5.91 Å². The normalized spacial score (nSPS) is 10.6. The van der Waals surface area contributed by atoms with Crippen LogP contribution in [0.15, 0.2) is 97.1 Å². The minimum atomic E-state index is -0.354. The van der Waals surface area contributed by atoms with Crippen molar-refractivity contribution >= 4 is 5.91 Å². The van der Waals surface area contributed by atoms with Crippen molar-refractivity contribution in [1.29, 1.82) is 0 Å². The van der Waals surface area contributed by atoms with E-state index in [2.05, 4.69) is 0 Å². The Balaban J connectivity index is 1.80. The molecule has 0 spiro atoms. The first-order valence-corrected chi connectivity index (χ1v) is 11.1. The predicted octanol–water partition coefficient (Wildman–Crippen LogP) is 6.28. The van der Waals surface area contributed by atoms with Gasteiger partial charge in [-0.1, -0.05) is 72.8 Å². The molecule has 4 aromatic rings. The minimum Gasteiger partial charge on any atom is -0.488 e. The molecule has 0 saturated carbocycles. The van der Waals surface area contributed by atoms with E-state index in [1.165, 1.54) is 26.3 Å². The molecule has 0 saturated heterocycles. The Labute approximate surface area is 204 Å². The van der Waals surface area contributed by atoms with Crippen molar-refractivity contribution in [2.75, 3.05) is 14.2 Å². The Morgan fingerprint density at radius 1 is 0.771 bits per heavy atom. The van der Waals surface area contributed by atoms with Crippen LogP contribution < -0.4 is 9.47 Å². The van der Waals surface area contributed by atoms with Gasteiger partial charge in [0.2, 0.25) is 0 Å². The fraction of sp³-hybridized carbons (Fsp3) is 0.138. The van der Waals surface area contributed by atoms with Crippen LogP contribution in [-0.2, 0) is 18.1 Å². The number of amides is 1. The second-order valence-electron chi connectivity index (χ2n) is 7.89. The summed E-state index contributed by atoms with van der Waals surface area (Å²) in [5.74, 6) is 0.186. The highest BCUT2D eigenvalue weighted by molar-refractivity contribution is 5.96. The zero-order valence-electron chi connectivity index (χ0n) is 19.6. The summed E-state index contributed by atoms with van der Waals surface area (Å²) >= 11 is 0. The Morgan fingerprint density at radius 2 is 1.26 bits per heavy atom. The average molecular weight is 472 g/mol. The molecule has 0 aliphatic rings. The highest BCUT2D eigenvalue weighted by Gasteiger charge is 2.21. The molecule has 6 heteroatoms. The first kappa shape index (κ1) is 24.0. The van der Waals surface area contributed by atoms with E-state index < -0.39 is 0 Å². The van der Waals surface area contributed by atoms with Crippen LogP contribution in [-0.4, -0.2) is 25.1 Å². The fourth-order valence-corrected chi connectivity index (χ4v) is 3.58. The van der Waals surface area contributed by atoms with Crippen LogP contribution >= 0.6 is 0 Å². The molecule has 1 amide bonds. The smallest absolute Gasteiger partial charge is 0.277 e. The van der Waals surface area contributed by atoms with Crippen LogP contribution in [0.1, 0.15) is 21.5 Å². The molecule has 0 unspecified atom stereocenters. The number of hydrogen-bond acceptors (Lipinski definition) is 4. The third-order valence-corrected chi connectivity index (χ3v) is 5.48. The van der Waals surface area contributed by atoms with E-state index >= 15 is 0 Å². The predicted molar refractivity (Wildman–Crippen MR) is 132 cm³/mol. The lowest BCUT2D eigenvalue weighted by molar-refractivity contribution is -0.0757. The third-order valence-electron chi connectivity index (χ3n) is 5.48. The van der Waals surface area contributed by atoms with Gasteiger partial charge in [-0.3, -0.25) is 9.63 Å². The lowest BCUT2D eigenvalue weighted by atomic mass is 10.0. The van der Waals surface area contributed by atoms with Crippen molar-refractivity contribution in [2.24, 2.45) is 0 Å². The highest BCUT2D eigenvalue weighted by Crippen LogP contribution is 2.41. The maximum Gasteiger partial charge on any atom is 0.277 e. The van der Waals surface area contributed by atoms with E-state index in [1.807, 2.05) is 60.7 Å². The average Bonchev–Trinajstić information content (AvgIpc) is 2.91. The standard InChI is InChI=1S/C29H26FNO4/c1-31(33-2)29(32)24-17-26(34-19-21-9-5-3-6-10-21)28(23-13-15-25(30)16-14-23)27(18-24)35-20-22-11-7-4-8-12-22/h3-18H,19-20H2,1-2H3. The molecule has 0 radical (unpaired) electrons. The quantitative estimate of drug-likeness (QED) is 0.270. The molecular weight excluding hydrogens is 445 g/mol. The number of halogens is 1. The van der Waals surface area contributed by atoms with E-state index in [1.54, 1.807) is 24.3 Å². The molecule has 0 N–H and O–H groups in total. The van der Waals surface area contributed by atoms with Gasteiger partial charge in [0.1, 0.15) is 30.5 Å². The number of nitrogens with zero attached hydrogens (tertiary/aromatic N) is 1. The molecule has 0 aromatic heterocycles. The van der Waals surface area contributed by atoms with Crippen LogP contribution in [0.4, 0.5) is 4.39 Å². The molecule has 35 heavy (non-hydrogen) atoms. The molecule has 0 aliphatic heterocycles. The highest BCUT2D eigenvalue weighted by atomic mass is 19.1. The Bertz CT molecular complexity index is 1200. The van der Waals surface area contributed by atoms with Gasteiger partial charge >= 0.3 is 0 Å². The van der Waals surface area contributed by atoms with Crippen LogP contribution in [0.5, 0.6) is 11.5 Å². The van der Waals surface area contributed by atoms with Gasteiger partial charge in [0.05, 0.1) is 12.7 Å². The molecular formula is C29H26FNO4. The molecule has 5 nitrogen and oxygen atoms in total. The number of ether oxygens (including phenoxy) is 2. The molecule has 4 aromatic carbocycles. The monoisotopic (exact) mass is 471 g/mol. The Hall–Kier alpha value is -4.16. The molecule has 0 atom stereocenters. The minimum absolute atomic E-state index is 0.283. The molecule has 4 rings (SSSR count). The number of carbonyl (C=O) groups is 1. The van der Waals surface area contributed by atoms with E-state index in [-0.39, 0.29) is 24.9 Å². The van der Waals surface area contributed by atoms with Gasteiger partial charge in [-0.2, -0.15) is 0 Å². The van der Waals surface area contributed by atoms with Crippen molar-refractivity contribution in [1.82, 2.24) is 5.06 Å². The summed E-state index contributed by atoms with van der Waals surface area (Å²) in [4.78, 5) is 18.1. The van der Waals surface area contributed by atoms with E-state index in [4.69, 9.17) is 14.3 Å². The number of hydrogen-bond donors (Lipinski definition) is 0. The summed E-state index contributed by atoms with van der Waals surface area (Å²) in [5.41, 5.74) is 3.61. The zero-order valence-corrected chi connectivity index (χ0v) is 19.6. The largest absolute Gasteiger partial charge is 0.488 e. The summed E-state index contributed by atoms with van der Waals surface area (Å²) in [6.07, 6.45) is 0. The lowest BCUT2D eigenvalue weighted by Gasteiger charge is -2.20. The maximum absolute atomic E-state index is 13.7. The van der Waals surface area contributed by atoms with Crippen molar-refractivity contribution in [3.63, 3.8) is 0 Å². The lowest BCUT2D eigenvalue weighted by Crippen LogP contribution is -2.25. The van der Waals surface area contributed by atoms with E-state index in [9.17, 15) is 9.18 Å². The number of hydroxylamine groups is 2. The summed E-state index contributed by atoms with van der Waals surface area (Å²) < 4.78 is 26.2. The number of carbonyl (C=O) groups excluding carboxylic acids is 1. The third kappa shape index (κ3) is 6.05. The first-order valence-electron chi connectivity index (χ1n) is 11.1. The van der Waals surface area contributed by atoms with Crippen LogP contribution in [0.2, 0.25) is 0 Å². The van der Waals surface area contributed by atoms with Crippen molar-refractivity contribution in [2.45, 2.75) is 13.2 Å². The molecule has 178 valence electrons. The summed E-state index contributed by atoms with van der Waals surface area (Å²) in [7, 11) is 2.95. The summed E-state index contributed by atoms with van der Waals surface area (Å²) in [6.45, 7) is 0.565. The van der Waals surface area contributed by atoms with Crippen LogP contribution in [0.3, 0.4) is 0 Å². The number of rotatable bonds is 9. The molecule has 0 bridgehead atoms. The van der Waals surface area contributed by atoms with Crippen LogP contribution in [0.25, 0.3) is 11.1 Å². The van der Waals surface area contributed by atoms with Crippen molar-refractivity contribution in [3.8, 4) is 22.6 Å². The summed E-state index contributed by atoms with van der Waals surface area (Å²) in [5, 5.41) is 1.13. The van der Waals surface area contributed by atoms with Crippen molar-refractivity contribution in [3.05, 3.63) is 120 Å². The Morgan fingerprint density at radius 3 is 1.71 bits per heavy atom. The SMILES string of the molecule is CON(C)C(=O)c1cc(OCc2ccccc2)c(-c2ccc(F)cc2)c(OCc2ccccc2)c1. The summed E-state index contributed by atoms with van der Waals surface area (Å²) in [6, 6.07) is 28.8. The van der Waals surface area contributed by atoms with Gasteiger partial charge < -0.3 is 9.47 Å². The van der Waals surface area contributed by atoms with Gasteiger partial charge in [-0.25, -0.2) is 9.45 Å². The second kappa shape index (κ2) is 11.3. The van der Waals surface area contributed by atoms with Crippen molar-refractivity contribution < 1.29 is 23.5 Å². The molecule has 0 fully saturated rings. The van der Waals surface area contributed by atoms with Gasteiger partial charge in [-0.05, 0) is 41.0 Å². The first-order chi connectivity index (χ1) is 17.0. The van der Waals surface area contributed by atoms with Gasteiger partial charge in [0.15, 0.2) is 0 Å². The fourth-order valence-electron chi connectivity index (χ4n) is 3.58. The Kier molecular flexibility index (Phi) is 7.75. The second-order valence-corrected chi connectivity index (χ2v) is 7.89.